The molecule has 0 aromatic heterocycles. The summed E-state index contributed by atoms with van der Waals surface area (Å²) in [5, 5.41) is 6.59. The number of hydrogen-bond acceptors (Lipinski definition) is 5. The van der Waals surface area contributed by atoms with Crippen molar-refractivity contribution in [3.05, 3.63) is 93.8 Å². The normalized spacial score (nSPS) is 10.7. The number of amides is 2. The minimum atomic E-state index is -0.924. The van der Waals surface area contributed by atoms with Crippen LogP contribution >= 0.6 is 11.6 Å². The molecule has 0 bridgehead atoms. The third-order valence-electron chi connectivity index (χ3n) is 4.80. The minimum Gasteiger partial charge on any atom is -0.493 e. The molecule has 2 N–H and O–H groups in total. The number of ether oxygens (including phenoxy) is 2. The number of hydrogen-bond donors (Lipinski definition) is 2. The summed E-state index contributed by atoms with van der Waals surface area (Å²) in [5.74, 6) is -1.60. The van der Waals surface area contributed by atoms with Gasteiger partial charge in [-0.1, -0.05) is 53.6 Å². The molecule has 0 aliphatic heterocycles. The summed E-state index contributed by atoms with van der Waals surface area (Å²) < 4.78 is 25.2. The Labute approximate surface area is 201 Å². The molecule has 0 unspecified atom stereocenters. The predicted octanol–water partition coefficient (Wildman–Crippen LogP) is 4.14. The summed E-state index contributed by atoms with van der Waals surface area (Å²) in [6, 6.07) is 16.9. The molecule has 3 aromatic rings. The standard InChI is InChI=1S/C25H23ClFN3O4/c1-16-9-11-17(12-10-16)13-28-24(31)25(32)30-29-14-18-5-3-8-22(33-2)23(18)34-15-19-20(26)6-4-7-21(19)27/h3-12,14H,13,15H2,1-2H3,(H,28,31)(H,30,32)/b29-14-. The van der Waals surface area contributed by atoms with Gasteiger partial charge in [-0.25, -0.2) is 9.82 Å². The first kappa shape index (κ1) is 24.7. The van der Waals surface area contributed by atoms with Gasteiger partial charge in [0.1, 0.15) is 12.4 Å². The Morgan fingerprint density at radius 1 is 1.06 bits per heavy atom. The van der Waals surface area contributed by atoms with E-state index in [1.54, 1.807) is 24.3 Å². The lowest BCUT2D eigenvalue weighted by molar-refractivity contribution is -0.139. The molecular weight excluding hydrogens is 461 g/mol. The van der Waals surface area contributed by atoms with Crippen molar-refractivity contribution in [1.29, 1.82) is 0 Å². The van der Waals surface area contributed by atoms with Crippen LogP contribution in [0.25, 0.3) is 0 Å². The highest BCUT2D eigenvalue weighted by molar-refractivity contribution is 6.35. The van der Waals surface area contributed by atoms with Crippen molar-refractivity contribution >= 4 is 29.6 Å². The molecule has 3 rings (SSSR count). The average Bonchev–Trinajstić information content (AvgIpc) is 2.83. The monoisotopic (exact) mass is 483 g/mol. The van der Waals surface area contributed by atoms with Gasteiger partial charge in [-0.2, -0.15) is 5.10 Å². The molecule has 0 aliphatic rings. The van der Waals surface area contributed by atoms with Crippen LogP contribution in [0.1, 0.15) is 22.3 Å². The van der Waals surface area contributed by atoms with Gasteiger partial charge in [0.2, 0.25) is 0 Å². The van der Waals surface area contributed by atoms with Gasteiger partial charge in [-0.15, -0.1) is 0 Å². The van der Waals surface area contributed by atoms with Crippen LogP contribution in [-0.4, -0.2) is 25.1 Å². The van der Waals surface area contributed by atoms with E-state index in [1.165, 1.54) is 25.5 Å². The van der Waals surface area contributed by atoms with Gasteiger partial charge in [0.15, 0.2) is 11.5 Å². The van der Waals surface area contributed by atoms with E-state index in [2.05, 4.69) is 15.8 Å². The van der Waals surface area contributed by atoms with Gasteiger partial charge in [0.25, 0.3) is 0 Å². The molecule has 0 spiro atoms. The van der Waals surface area contributed by atoms with Gasteiger partial charge in [0.05, 0.1) is 18.3 Å². The SMILES string of the molecule is COc1cccc(/C=N\NC(=O)C(=O)NCc2ccc(C)cc2)c1OCc1c(F)cccc1Cl. The smallest absolute Gasteiger partial charge is 0.329 e. The Morgan fingerprint density at radius 3 is 2.50 bits per heavy atom. The number of rotatable bonds is 8. The number of carbonyl (C=O) groups excluding carboxylic acids is 2. The molecule has 7 nitrogen and oxygen atoms in total. The molecule has 9 heteroatoms. The zero-order chi connectivity index (χ0) is 24.5. The summed E-state index contributed by atoms with van der Waals surface area (Å²) in [6.45, 7) is 2.02. The number of nitrogens with zero attached hydrogens (tertiary/aromatic N) is 1. The second-order valence-corrected chi connectivity index (χ2v) is 7.64. The first-order valence-corrected chi connectivity index (χ1v) is 10.7. The van der Waals surface area contributed by atoms with Gasteiger partial charge in [0, 0.05) is 17.7 Å². The van der Waals surface area contributed by atoms with Crippen molar-refractivity contribution in [3.63, 3.8) is 0 Å². The lowest BCUT2D eigenvalue weighted by atomic mass is 10.1. The number of carbonyl (C=O) groups is 2. The highest BCUT2D eigenvalue weighted by Crippen LogP contribution is 2.32. The Bertz CT molecular complexity index is 1180. The molecule has 0 saturated heterocycles. The number of benzene rings is 3. The lowest BCUT2D eigenvalue weighted by Gasteiger charge is -2.14. The second-order valence-electron chi connectivity index (χ2n) is 7.23. The van der Waals surface area contributed by atoms with Crippen LogP contribution in [0.15, 0.2) is 65.8 Å². The van der Waals surface area contributed by atoms with Crippen molar-refractivity contribution < 1.29 is 23.5 Å². The summed E-state index contributed by atoms with van der Waals surface area (Å²) in [7, 11) is 1.46. The quantitative estimate of drug-likeness (QED) is 0.286. The Balaban J connectivity index is 1.63. The fraction of sp³-hybridized carbons (Fsp3) is 0.160. The highest BCUT2D eigenvalue weighted by atomic mass is 35.5. The lowest BCUT2D eigenvalue weighted by Crippen LogP contribution is -2.37. The first-order chi connectivity index (χ1) is 16.4. The van der Waals surface area contributed by atoms with E-state index in [0.717, 1.165) is 11.1 Å². The van der Waals surface area contributed by atoms with Crippen molar-refractivity contribution in [2.24, 2.45) is 5.10 Å². The molecule has 34 heavy (non-hydrogen) atoms. The number of para-hydroxylation sites is 1. The second kappa shape index (κ2) is 11.8. The predicted molar refractivity (Wildman–Crippen MR) is 127 cm³/mol. The van der Waals surface area contributed by atoms with E-state index in [0.29, 0.717) is 11.3 Å². The number of nitrogens with one attached hydrogen (secondary N) is 2. The van der Waals surface area contributed by atoms with E-state index in [9.17, 15) is 14.0 Å². The topological polar surface area (TPSA) is 89.0 Å². The number of aryl methyl sites for hydroxylation is 1. The zero-order valence-corrected chi connectivity index (χ0v) is 19.4. The van der Waals surface area contributed by atoms with Crippen LogP contribution in [-0.2, 0) is 22.7 Å². The third-order valence-corrected chi connectivity index (χ3v) is 5.16. The molecule has 176 valence electrons. The van der Waals surface area contributed by atoms with Crippen molar-refractivity contribution in [2.75, 3.05) is 7.11 Å². The van der Waals surface area contributed by atoms with E-state index in [-0.39, 0.29) is 29.5 Å². The van der Waals surface area contributed by atoms with Crippen LogP contribution < -0.4 is 20.2 Å². The van der Waals surface area contributed by atoms with Crippen LogP contribution in [0.2, 0.25) is 5.02 Å². The summed E-state index contributed by atoms with van der Waals surface area (Å²) in [6.07, 6.45) is 1.30. The maximum atomic E-state index is 14.1. The van der Waals surface area contributed by atoms with Crippen molar-refractivity contribution in [3.8, 4) is 11.5 Å². The number of hydrazone groups is 1. The fourth-order valence-corrected chi connectivity index (χ4v) is 3.16. The summed E-state index contributed by atoms with van der Waals surface area (Å²) in [5.41, 5.74) is 4.76. The molecule has 0 heterocycles. The van der Waals surface area contributed by atoms with Gasteiger partial charge in [-0.3, -0.25) is 9.59 Å². The van der Waals surface area contributed by atoms with Crippen LogP contribution in [0.3, 0.4) is 0 Å². The maximum Gasteiger partial charge on any atom is 0.329 e. The first-order valence-electron chi connectivity index (χ1n) is 10.3. The van der Waals surface area contributed by atoms with Crippen LogP contribution in [0.4, 0.5) is 4.39 Å². The molecule has 0 atom stereocenters. The van der Waals surface area contributed by atoms with E-state index in [4.69, 9.17) is 21.1 Å². The average molecular weight is 484 g/mol. The molecule has 0 fully saturated rings. The Kier molecular flexibility index (Phi) is 8.59. The van der Waals surface area contributed by atoms with Gasteiger partial charge >= 0.3 is 11.8 Å². The number of methoxy groups -OCH3 is 1. The molecule has 3 aromatic carbocycles. The van der Waals surface area contributed by atoms with E-state index >= 15 is 0 Å². The Morgan fingerprint density at radius 2 is 1.79 bits per heavy atom. The fourth-order valence-electron chi connectivity index (χ4n) is 2.94. The molecule has 0 saturated carbocycles. The largest absolute Gasteiger partial charge is 0.493 e. The molecule has 2 amide bonds. The molecule has 0 radical (unpaired) electrons. The van der Waals surface area contributed by atoms with E-state index < -0.39 is 17.6 Å². The highest BCUT2D eigenvalue weighted by Gasteiger charge is 2.14. The summed E-state index contributed by atoms with van der Waals surface area (Å²) in [4.78, 5) is 24.1. The Hall–Kier alpha value is -3.91. The van der Waals surface area contributed by atoms with Crippen LogP contribution in [0.5, 0.6) is 11.5 Å². The van der Waals surface area contributed by atoms with Crippen molar-refractivity contribution in [1.82, 2.24) is 10.7 Å². The summed E-state index contributed by atoms with van der Waals surface area (Å²) >= 11 is 6.07. The van der Waals surface area contributed by atoms with Crippen LogP contribution in [0, 0.1) is 12.7 Å². The molecular formula is C25H23ClFN3O4. The number of halogens is 2. The van der Waals surface area contributed by atoms with Crippen molar-refractivity contribution in [2.45, 2.75) is 20.1 Å². The zero-order valence-electron chi connectivity index (χ0n) is 18.6. The van der Waals surface area contributed by atoms with Gasteiger partial charge in [-0.05, 0) is 36.8 Å². The molecule has 0 aliphatic carbocycles. The third kappa shape index (κ3) is 6.55. The van der Waals surface area contributed by atoms with E-state index in [1.807, 2.05) is 31.2 Å². The maximum absolute atomic E-state index is 14.1. The minimum absolute atomic E-state index is 0.152. The van der Waals surface area contributed by atoms with Gasteiger partial charge < -0.3 is 14.8 Å².